The van der Waals surface area contributed by atoms with Crippen LogP contribution >= 0.6 is 0 Å². The molecule has 14 heavy (non-hydrogen) atoms. The maximum Gasteiger partial charge on any atom is 0.315 e. The highest BCUT2D eigenvalue weighted by atomic mass is 16.4. The normalized spacial score (nSPS) is 10.8. The predicted molar refractivity (Wildman–Crippen MR) is 51.9 cm³/mol. The van der Waals surface area contributed by atoms with E-state index in [1.807, 2.05) is 0 Å². The summed E-state index contributed by atoms with van der Waals surface area (Å²) >= 11 is 0. The molecule has 0 fully saturated rings. The number of urea groups is 1. The van der Waals surface area contributed by atoms with Crippen LogP contribution in [0.3, 0.4) is 0 Å². The van der Waals surface area contributed by atoms with E-state index in [-0.39, 0.29) is 6.42 Å². The van der Waals surface area contributed by atoms with Gasteiger partial charge in [0.15, 0.2) is 0 Å². The molecule has 82 valence electrons. The Balaban J connectivity index is 3.95. The average molecular weight is 203 g/mol. The molecule has 6 heteroatoms. The number of carbonyl (C=O) groups excluding carboxylic acids is 1. The Labute approximate surface area is 82.9 Å². The van der Waals surface area contributed by atoms with E-state index in [4.69, 9.17) is 10.8 Å². The Kier molecular flexibility index (Phi) is 4.93. The van der Waals surface area contributed by atoms with Crippen LogP contribution in [0.4, 0.5) is 4.79 Å². The van der Waals surface area contributed by atoms with E-state index in [1.54, 1.807) is 13.8 Å². The van der Waals surface area contributed by atoms with E-state index in [9.17, 15) is 9.59 Å². The lowest BCUT2D eigenvalue weighted by atomic mass is 10.0. The summed E-state index contributed by atoms with van der Waals surface area (Å²) < 4.78 is 0. The molecular formula is C8H17N3O3. The van der Waals surface area contributed by atoms with E-state index in [1.165, 1.54) is 0 Å². The summed E-state index contributed by atoms with van der Waals surface area (Å²) in [5.41, 5.74) is 4.43. The van der Waals surface area contributed by atoms with Crippen LogP contribution in [0.1, 0.15) is 20.3 Å². The quantitative estimate of drug-likeness (QED) is 0.483. The number of carboxylic acids is 1. The zero-order chi connectivity index (χ0) is 11.2. The second kappa shape index (κ2) is 5.43. The van der Waals surface area contributed by atoms with Crippen LogP contribution in [0.2, 0.25) is 0 Å². The zero-order valence-corrected chi connectivity index (χ0v) is 8.46. The summed E-state index contributed by atoms with van der Waals surface area (Å²) in [6.07, 6.45) is -0.122. The van der Waals surface area contributed by atoms with Gasteiger partial charge in [0.05, 0.1) is 6.42 Å². The lowest BCUT2D eigenvalue weighted by Gasteiger charge is -2.24. The van der Waals surface area contributed by atoms with Gasteiger partial charge in [-0.1, -0.05) is 0 Å². The van der Waals surface area contributed by atoms with Gasteiger partial charge in [0, 0.05) is 18.6 Å². The van der Waals surface area contributed by atoms with Crippen LogP contribution < -0.4 is 16.4 Å². The molecule has 0 aliphatic heterocycles. The van der Waals surface area contributed by atoms with Gasteiger partial charge in [-0.15, -0.1) is 0 Å². The van der Waals surface area contributed by atoms with Crippen molar-refractivity contribution >= 4 is 12.0 Å². The number of nitrogens with two attached hydrogens (primary N) is 1. The van der Waals surface area contributed by atoms with Crippen LogP contribution in [0.25, 0.3) is 0 Å². The maximum absolute atomic E-state index is 11.1. The fourth-order valence-corrected chi connectivity index (χ4v) is 0.959. The largest absolute Gasteiger partial charge is 0.481 e. The second-order valence-electron chi connectivity index (χ2n) is 3.62. The van der Waals surface area contributed by atoms with Gasteiger partial charge in [-0.05, 0) is 13.8 Å². The predicted octanol–water partition coefficient (Wildman–Crippen LogP) is -0.502. The summed E-state index contributed by atoms with van der Waals surface area (Å²) in [5.74, 6) is -0.950. The summed E-state index contributed by atoms with van der Waals surface area (Å²) in [6.45, 7) is 4.01. The van der Waals surface area contributed by atoms with E-state index >= 15 is 0 Å². The Bertz CT molecular complexity index is 216. The molecule has 0 aliphatic rings. The van der Waals surface area contributed by atoms with Crippen molar-refractivity contribution in [2.75, 3.05) is 13.1 Å². The first-order chi connectivity index (χ1) is 6.37. The van der Waals surface area contributed by atoms with Crippen molar-refractivity contribution in [2.24, 2.45) is 5.73 Å². The van der Waals surface area contributed by atoms with Crippen molar-refractivity contribution in [3.8, 4) is 0 Å². The van der Waals surface area contributed by atoms with Gasteiger partial charge in [-0.25, -0.2) is 4.79 Å². The van der Waals surface area contributed by atoms with Crippen LogP contribution in [0.5, 0.6) is 0 Å². The van der Waals surface area contributed by atoms with Crippen molar-refractivity contribution in [1.29, 1.82) is 0 Å². The Morgan fingerprint density at radius 2 is 2.00 bits per heavy atom. The van der Waals surface area contributed by atoms with Gasteiger partial charge in [-0.3, -0.25) is 4.79 Å². The molecule has 0 bridgehead atoms. The van der Waals surface area contributed by atoms with Crippen molar-refractivity contribution < 1.29 is 14.7 Å². The summed E-state index contributed by atoms with van der Waals surface area (Å²) in [7, 11) is 0. The fourth-order valence-electron chi connectivity index (χ4n) is 0.959. The number of carbonyl (C=O) groups is 2. The molecule has 0 spiro atoms. The third kappa shape index (κ3) is 6.24. The molecule has 0 aliphatic carbocycles. The third-order valence-electron chi connectivity index (χ3n) is 1.47. The smallest absolute Gasteiger partial charge is 0.315 e. The van der Waals surface area contributed by atoms with Crippen LogP contribution in [0, 0.1) is 0 Å². The minimum atomic E-state index is -0.950. The van der Waals surface area contributed by atoms with Crippen molar-refractivity contribution in [3.05, 3.63) is 0 Å². The monoisotopic (exact) mass is 203 g/mol. The van der Waals surface area contributed by atoms with Crippen molar-refractivity contribution in [3.63, 3.8) is 0 Å². The number of hydrogen-bond donors (Lipinski definition) is 4. The molecule has 2 amide bonds. The van der Waals surface area contributed by atoms with Gasteiger partial charge in [-0.2, -0.15) is 0 Å². The molecular weight excluding hydrogens is 186 g/mol. The number of aliphatic carboxylic acids is 1. The minimum absolute atomic E-state index is 0.122. The van der Waals surface area contributed by atoms with Crippen LogP contribution in [-0.2, 0) is 4.79 Å². The van der Waals surface area contributed by atoms with Gasteiger partial charge >= 0.3 is 12.0 Å². The molecule has 0 aromatic carbocycles. The summed E-state index contributed by atoms with van der Waals surface area (Å²) in [4.78, 5) is 21.5. The zero-order valence-electron chi connectivity index (χ0n) is 8.46. The first-order valence-electron chi connectivity index (χ1n) is 4.35. The number of rotatable bonds is 5. The van der Waals surface area contributed by atoms with E-state index in [0.29, 0.717) is 13.1 Å². The molecule has 5 N–H and O–H groups in total. The van der Waals surface area contributed by atoms with Gasteiger partial charge < -0.3 is 21.5 Å². The van der Waals surface area contributed by atoms with E-state index < -0.39 is 17.5 Å². The number of hydrogen-bond acceptors (Lipinski definition) is 3. The first kappa shape index (κ1) is 12.7. The topological polar surface area (TPSA) is 104 Å². The molecule has 0 aromatic rings. The third-order valence-corrected chi connectivity index (χ3v) is 1.47. The highest BCUT2D eigenvalue weighted by Gasteiger charge is 2.23. The molecule has 0 radical (unpaired) electrons. The summed E-state index contributed by atoms with van der Waals surface area (Å²) in [6, 6.07) is -0.401. The molecule has 0 atom stereocenters. The molecule has 0 aromatic heterocycles. The Morgan fingerprint density at radius 1 is 1.43 bits per heavy atom. The van der Waals surface area contributed by atoms with Crippen molar-refractivity contribution in [2.45, 2.75) is 25.8 Å². The fraction of sp³-hybridized carbons (Fsp3) is 0.750. The van der Waals surface area contributed by atoms with Crippen LogP contribution in [-0.4, -0.2) is 35.7 Å². The number of nitrogens with one attached hydrogen (secondary N) is 2. The molecule has 0 saturated heterocycles. The highest BCUT2D eigenvalue weighted by molar-refractivity contribution is 5.76. The molecule has 0 unspecified atom stereocenters. The van der Waals surface area contributed by atoms with E-state index in [2.05, 4.69) is 10.6 Å². The second-order valence-corrected chi connectivity index (χ2v) is 3.62. The minimum Gasteiger partial charge on any atom is -0.481 e. The molecule has 0 saturated carbocycles. The SMILES string of the molecule is CC(C)(CC(=O)O)NC(=O)NCCN. The van der Waals surface area contributed by atoms with E-state index in [0.717, 1.165) is 0 Å². The van der Waals surface area contributed by atoms with Crippen LogP contribution in [0.15, 0.2) is 0 Å². The standard InChI is InChI=1S/C8H17N3O3/c1-8(2,5-6(12)13)11-7(14)10-4-3-9/h3-5,9H2,1-2H3,(H,12,13)(H2,10,11,14). The lowest BCUT2D eigenvalue weighted by molar-refractivity contribution is -0.138. The number of amides is 2. The molecule has 0 rings (SSSR count). The highest BCUT2D eigenvalue weighted by Crippen LogP contribution is 2.07. The Morgan fingerprint density at radius 3 is 2.43 bits per heavy atom. The number of carboxylic acid groups (broad SMARTS) is 1. The average Bonchev–Trinajstić information content (AvgIpc) is 1.96. The lowest BCUT2D eigenvalue weighted by Crippen LogP contribution is -2.50. The Hall–Kier alpha value is -1.30. The van der Waals surface area contributed by atoms with Gasteiger partial charge in [0.25, 0.3) is 0 Å². The maximum atomic E-state index is 11.1. The van der Waals surface area contributed by atoms with Gasteiger partial charge in [0.1, 0.15) is 0 Å². The summed E-state index contributed by atoms with van der Waals surface area (Å²) in [5, 5.41) is 13.6. The first-order valence-corrected chi connectivity index (χ1v) is 4.35. The molecule has 0 heterocycles. The van der Waals surface area contributed by atoms with Gasteiger partial charge in [0.2, 0.25) is 0 Å². The van der Waals surface area contributed by atoms with Crippen molar-refractivity contribution in [1.82, 2.24) is 10.6 Å². The molecule has 6 nitrogen and oxygen atoms in total.